The van der Waals surface area contributed by atoms with Gasteiger partial charge in [0.2, 0.25) is 0 Å². The van der Waals surface area contributed by atoms with Gasteiger partial charge in [-0.3, -0.25) is 9.59 Å². The Labute approximate surface area is 164 Å². The summed E-state index contributed by atoms with van der Waals surface area (Å²) in [6.45, 7) is 3.80. The molecule has 0 bridgehead atoms. The lowest BCUT2D eigenvalue weighted by Crippen LogP contribution is -2.21. The Morgan fingerprint density at radius 3 is 2.61 bits per heavy atom. The number of carbonyl (C=O) groups excluding carboxylic acids is 2. The third-order valence-electron chi connectivity index (χ3n) is 4.34. The summed E-state index contributed by atoms with van der Waals surface area (Å²) in [6.07, 6.45) is 0.0783. The van der Waals surface area contributed by atoms with Crippen LogP contribution in [0.15, 0.2) is 60.7 Å². The first kappa shape index (κ1) is 19.4. The third kappa shape index (κ3) is 5.10. The van der Waals surface area contributed by atoms with Gasteiger partial charge in [0.15, 0.2) is 6.61 Å². The van der Waals surface area contributed by atoms with Crippen molar-refractivity contribution in [3.8, 4) is 5.75 Å². The minimum absolute atomic E-state index is 0.0783. The molecule has 0 aromatic heterocycles. The van der Waals surface area contributed by atoms with Crippen LogP contribution in [0, 0.1) is 13.8 Å². The van der Waals surface area contributed by atoms with Crippen LogP contribution in [0.4, 0.5) is 5.69 Å². The summed E-state index contributed by atoms with van der Waals surface area (Å²) in [5.41, 5.74) is 2.79. The zero-order chi connectivity index (χ0) is 19.9. The van der Waals surface area contributed by atoms with Crippen LogP contribution in [0.2, 0.25) is 0 Å². The second-order valence-corrected chi connectivity index (χ2v) is 6.60. The van der Waals surface area contributed by atoms with E-state index in [0.29, 0.717) is 5.69 Å². The van der Waals surface area contributed by atoms with Crippen molar-refractivity contribution in [1.29, 1.82) is 0 Å². The van der Waals surface area contributed by atoms with Crippen molar-refractivity contribution in [2.75, 3.05) is 18.5 Å². The lowest BCUT2D eigenvalue weighted by Gasteiger charge is -2.11. The van der Waals surface area contributed by atoms with Gasteiger partial charge in [-0.2, -0.15) is 0 Å². The van der Waals surface area contributed by atoms with Gasteiger partial charge in [0.05, 0.1) is 13.0 Å². The molecule has 1 amide bonds. The van der Waals surface area contributed by atoms with Crippen LogP contribution in [0.3, 0.4) is 0 Å². The Hall–Kier alpha value is -3.34. The van der Waals surface area contributed by atoms with E-state index in [0.717, 1.165) is 27.6 Å². The number of hydrogen-bond donors (Lipinski definition) is 1. The maximum Gasteiger partial charge on any atom is 0.309 e. The van der Waals surface area contributed by atoms with E-state index in [-0.39, 0.29) is 25.5 Å². The molecule has 0 heterocycles. The van der Waals surface area contributed by atoms with Crippen molar-refractivity contribution in [2.45, 2.75) is 20.3 Å². The average molecular weight is 377 g/mol. The second-order valence-electron chi connectivity index (χ2n) is 6.60. The minimum Gasteiger partial charge on any atom is -0.493 e. The molecule has 0 aliphatic rings. The monoisotopic (exact) mass is 377 g/mol. The summed E-state index contributed by atoms with van der Waals surface area (Å²) in [5, 5.41) is 4.75. The predicted molar refractivity (Wildman–Crippen MR) is 110 cm³/mol. The van der Waals surface area contributed by atoms with E-state index in [9.17, 15) is 9.59 Å². The first-order valence-corrected chi connectivity index (χ1v) is 9.16. The van der Waals surface area contributed by atoms with Crippen molar-refractivity contribution in [2.24, 2.45) is 0 Å². The van der Waals surface area contributed by atoms with E-state index in [1.807, 2.05) is 74.5 Å². The lowest BCUT2D eigenvalue weighted by molar-refractivity contribution is -0.147. The van der Waals surface area contributed by atoms with Crippen LogP contribution < -0.4 is 10.1 Å². The van der Waals surface area contributed by atoms with Gasteiger partial charge in [-0.1, -0.05) is 48.5 Å². The smallest absolute Gasteiger partial charge is 0.309 e. The standard InChI is InChI=1S/C23H23NO4/c1-16-10-11-17(2)21(14-16)27-13-12-23(26)28-15-22(25)24-20-9-5-7-18-6-3-4-8-19(18)20/h3-11,14H,12-13,15H2,1-2H3,(H,24,25). The van der Waals surface area contributed by atoms with Crippen molar-refractivity contribution in [1.82, 2.24) is 0 Å². The molecule has 0 atom stereocenters. The van der Waals surface area contributed by atoms with Crippen LogP contribution in [-0.4, -0.2) is 25.1 Å². The summed E-state index contributed by atoms with van der Waals surface area (Å²) < 4.78 is 10.7. The largest absolute Gasteiger partial charge is 0.493 e. The molecule has 28 heavy (non-hydrogen) atoms. The molecule has 0 saturated heterocycles. The fourth-order valence-corrected chi connectivity index (χ4v) is 2.85. The molecular weight excluding hydrogens is 354 g/mol. The molecule has 3 aromatic carbocycles. The molecule has 0 radical (unpaired) electrons. The number of hydrogen-bond acceptors (Lipinski definition) is 4. The Morgan fingerprint density at radius 2 is 1.75 bits per heavy atom. The molecule has 0 aliphatic heterocycles. The topological polar surface area (TPSA) is 64.6 Å². The van der Waals surface area contributed by atoms with E-state index >= 15 is 0 Å². The van der Waals surface area contributed by atoms with Crippen LogP contribution >= 0.6 is 0 Å². The Balaban J connectivity index is 1.45. The SMILES string of the molecule is Cc1ccc(C)c(OCCC(=O)OCC(=O)Nc2cccc3ccccc23)c1. The normalized spacial score (nSPS) is 10.5. The molecule has 5 nitrogen and oxygen atoms in total. The maximum atomic E-state index is 12.1. The predicted octanol–water partition coefficient (Wildman–Crippen LogP) is 4.41. The highest BCUT2D eigenvalue weighted by atomic mass is 16.5. The molecule has 3 aromatic rings. The van der Waals surface area contributed by atoms with Crippen molar-refractivity contribution < 1.29 is 19.1 Å². The van der Waals surface area contributed by atoms with Crippen molar-refractivity contribution in [3.05, 3.63) is 71.8 Å². The first-order valence-electron chi connectivity index (χ1n) is 9.16. The highest BCUT2D eigenvalue weighted by Crippen LogP contribution is 2.23. The highest BCUT2D eigenvalue weighted by molar-refractivity contribution is 6.02. The van der Waals surface area contributed by atoms with E-state index in [1.54, 1.807) is 0 Å². The molecule has 0 unspecified atom stereocenters. The highest BCUT2D eigenvalue weighted by Gasteiger charge is 2.10. The number of amides is 1. The van der Waals surface area contributed by atoms with Crippen LogP contribution in [-0.2, 0) is 14.3 Å². The molecule has 0 aliphatic carbocycles. The van der Waals surface area contributed by atoms with Gasteiger partial charge in [0.1, 0.15) is 5.75 Å². The first-order chi connectivity index (χ1) is 13.5. The van der Waals surface area contributed by atoms with Crippen LogP contribution in [0.1, 0.15) is 17.5 Å². The van der Waals surface area contributed by atoms with Crippen LogP contribution in [0.5, 0.6) is 5.75 Å². The van der Waals surface area contributed by atoms with Gasteiger partial charge in [-0.25, -0.2) is 0 Å². The number of rotatable bonds is 7. The third-order valence-corrected chi connectivity index (χ3v) is 4.34. The number of nitrogens with one attached hydrogen (secondary N) is 1. The zero-order valence-corrected chi connectivity index (χ0v) is 16.0. The zero-order valence-electron chi connectivity index (χ0n) is 16.0. The fraction of sp³-hybridized carbons (Fsp3) is 0.217. The van der Waals surface area contributed by atoms with Gasteiger partial charge < -0.3 is 14.8 Å². The number of aryl methyl sites for hydroxylation is 2. The number of carbonyl (C=O) groups is 2. The molecule has 144 valence electrons. The number of fused-ring (bicyclic) bond motifs is 1. The summed E-state index contributed by atoms with van der Waals surface area (Å²) in [6, 6.07) is 19.3. The Morgan fingerprint density at radius 1 is 0.964 bits per heavy atom. The molecular formula is C23H23NO4. The van der Waals surface area contributed by atoms with Gasteiger partial charge in [0.25, 0.3) is 5.91 Å². The van der Waals surface area contributed by atoms with Crippen molar-refractivity contribution >= 4 is 28.3 Å². The summed E-state index contributed by atoms with van der Waals surface area (Å²) in [5.74, 6) is -0.0972. The van der Waals surface area contributed by atoms with E-state index in [2.05, 4.69) is 5.32 Å². The van der Waals surface area contributed by atoms with Gasteiger partial charge in [0, 0.05) is 11.1 Å². The number of anilines is 1. The molecule has 5 heteroatoms. The number of benzene rings is 3. The Kier molecular flexibility index (Phi) is 6.27. The molecule has 0 saturated carbocycles. The fourth-order valence-electron chi connectivity index (χ4n) is 2.85. The molecule has 1 N–H and O–H groups in total. The lowest BCUT2D eigenvalue weighted by atomic mass is 10.1. The second kappa shape index (κ2) is 9.04. The summed E-state index contributed by atoms with van der Waals surface area (Å²) in [7, 11) is 0. The maximum absolute atomic E-state index is 12.1. The summed E-state index contributed by atoms with van der Waals surface area (Å²) in [4.78, 5) is 24.0. The van der Waals surface area contributed by atoms with Crippen molar-refractivity contribution in [3.63, 3.8) is 0 Å². The van der Waals surface area contributed by atoms with Crippen LogP contribution in [0.25, 0.3) is 10.8 Å². The molecule has 3 rings (SSSR count). The minimum atomic E-state index is -0.474. The molecule has 0 fully saturated rings. The quantitative estimate of drug-likeness (QED) is 0.620. The Bertz CT molecular complexity index is 992. The van der Waals surface area contributed by atoms with Gasteiger partial charge >= 0.3 is 5.97 Å². The number of esters is 1. The van der Waals surface area contributed by atoms with Gasteiger partial charge in [-0.05, 0) is 42.5 Å². The van der Waals surface area contributed by atoms with E-state index < -0.39 is 5.97 Å². The van der Waals surface area contributed by atoms with Gasteiger partial charge in [-0.15, -0.1) is 0 Å². The number of ether oxygens (including phenoxy) is 2. The van der Waals surface area contributed by atoms with E-state index in [4.69, 9.17) is 9.47 Å². The van der Waals surface area contributed by atoms with E-state index in [1.165, 1.54) is 0 Å². The molecule has 0 spiro atoms. The average Bonchev–Trinajstić information content (AvgIpc) is 2.69. The summed E-state index contributed by atoms with van der Waals surface area (Å²) >= 11 is 0.